The summed E-state index contributed by atoms with van der Waals surface area (Å²) in [4.78, 5) is 39.9. The van der Waals surface area contributed by atoms with Gasteiger partial charge in [0.15, 0.2) is 5.78 Å². The zero-order valence-corrected chi connectivity index (χ0v) is 33.1. The zero-order valence-electron chi connectivity index (χ0n) is 30.7. The van der Waals surface area contributed by atoms with Gasteiger partial charge in [0.25, 0.3) is 10.0 Å². The van der Waals surface area contributed by atoms with E-state index in [0.717, 1.165) is 43.5 Å². The normalized spacial score (nSPS) is 17.8. The molecule has 1 aliphatic carbocycles. The summed E-state index contributed by atoms with van der Waals surface area (Å²) in [7, 11) is 4.50. The Morgan fingerprint density at radius 3 is 2.34 bits per heavy atom. The standard InChI is InChI=1S/C39H49N3O8S3/c1-28(43)36(29-12-6-5-7-13-29)37(40)30-18-20-34(21-19-30)53(46,47)41-38(45)49-23-25-52-51-24-11-17-35(44)50-39(31-15-10-16-33(26-31)48-4)22-9-8-14-32(39)27-42(2)3/h5-7,10,12-13,15-16,18-21,26,32H,8-9,11,14,17,22-25,27,40H2,1-4H3,(H,41,45)/b37-36+/t32-,39+/m1/s1. The highest BCUT2D eigenvalue weighted by Gasteiger charge is 2.46. The van der Waals surface area contributed by atoms with E-state index in [0.29, 0.717) is 34.6 Å². The largest absolute Gasteiger partial charge is 0.497 e. The molecule has 0 bridgehead atoms. The van der Waals surface area contributed by atoms with E-state index in [4.69, 9.17) is 19.9 Å². The van der Waals surface area contributed by atoms with Gasteiger partial charge in [-0.25, -0.2) is 17.9 Å². The van der Waals surface area contributed by atoms with Crippen molar-refractivity contribution in [1.82, 2.24) is 9.62 Å². The van der Waals surface area contributed by atoms with Gasteiger partial charge in [-0.1, -0.05) is 82.6 Å². The molecule has 2 atom stereocenters. The number of hydrogen-bond donors (Lipinski definition) is 2. The number of ketones is 1. The molecule has 0 spiro atoms. The van der Waals surface area contributed by atoms with E-state index in [2.05, 4.69) is 4.90 Å². The Labute approximate surface area is 320 Å². The number of Topliss-reactive ketones (excluding diaryl/α,β-unsaturated/α-hetero) is 1. The lowest BCUT2D eigenvalue weighted by Gasteiger charge is -2.45. The molecule has 4 rings (SSSR count). The van der Waals surface area contributed by atoms with Crippen LogP contribution in [0.4, 0.5) is 4.79 Å². The van der Waals surface area contributed by atoms with Gasteiger partial charge >= 0.3 is 12.1 Å². The van der Waals surface area contributed by atoms with Gasteiger partial charge in [-0.15, -0.1) is 0 Å². The molecular formula is C39H49N3O8S3. The molecule has 0 saturated heterocycles. The number of esters is 1. The zero-order chi connectivity index (χ0) is 38.4. The summed E-state index contributed by atoms with van der Waals surface area (Å²) < 4.78 is 44.5. The number of nitrogens with one attached hydrogen (secondary N) is 1. The minimum atomic E-state index is -4.21. The van der Waals surface area contributed by atoms with Gasteiger partial charge in [0, 0.05) is 36.0 Å². The highest BCUT2D eigenvalue weighted by Crippen LogP contribution is 2.46. The van der Waals surface area contributed by atoms with Crippen LogP contribution in [0.15, 0.2) is 83.8 Å². The van der Waals surface area contributed by atoms with Crippen LogP contribution in [0.5, 0.6) is 5.75 Å². The maximum atomic E-state index is 13.2. The third-order valence-electron chi connectivity index (χ3n) is 8.92. The Morgan fingerprint density at radius 2 is 1.66 bits per heavy atom. The summed E-state index contributed by atoms with van der Waals surface area (Å²) in [5, 5.41) is 0. The van der Waals surface area contributed by atoms with E-state index in [1.807, 2.05) is 49.1 Å². The third kappa shape index (κ3) is 11.8. The van der Waals surface area contributed by atoms with Crippen LogP contribution in [0, 0.1) is 5.92 Å². The summed E-state index contributed by atoms with van der Waals surface area (Å²) in [5.41, 5.74) is 8.21. The second kappa shape index (κ2) is 19.9. The van der Waals surface area contributed by atoms with Crippen LogP contribution < -0.4 is 15.2 Å². The summed E-state index contributed by atoms with van der Waals surface area (Å²) >= 11 is 0. The van der Waals surface area contributed by atoms with E-state index in [1.54, 1.807) is 31.4 Å². The number of allylic oxidation sites excluding steroid dienone is 1. The smallest absolute Gasteiger partial charge is 0.421 e. The van der Waals surface area contributed by atoms with Gasteiger partial charge < -0.3 is 24.8 Å². The molecule has 3 aromatic carbocycles. The SMILES string of the molecule is COc1cccc([C@@]2(OC(=O)CCCSSCCOC(=O)NS(=O)(=O)c3ccc(/C(N)=C(/C(C)=O)c4ccccc4)cc3)CCCC[C@@H]2CN(C)C)c1. The fraction of sp³-hybridized carbons (Fsp3) is 0.410. The van der Waals surface area contributed by atoms with Gasteiger partial charge in [0.1, 0.15) is 18.0 Å². The quantitative estimate of drug-likeness (QED) is 0.0455. The monoisotopic (exact) mass is 783 g/mol. The molecule has 1 amide bonds. The minimum absolute atomic E-state index is 0.00897. The van der Waals surface area contributed by atoms with Crippen LogP contribution in [0.2, 0.25) is 0 Å². The number of amides is 1. The first-order chi connectivity index (χ1) is 25.4. The molecule has 286 valence electrons. The first-order valence-corrected chi connectivity index (χ1v) is 21.4. The van der Waals surface area contributed by atoms with Crippen LogP contribution in [0.25, 0.3) is 11.3 Å². The Balaban J connectivity index is 1.20. The second-order valence-electron chi connectivity index (χ2n) is 13.0. The van der Waals surface area contributed by atoms with Crippen molar-refractivity contribution in [3.8, 4) is 5.75 Å². The van der Waals surface area contributed by atoms with Crippen LogP contribution in [0.1, 0.15) is 62.1 Å². The van der Waals surface area contributed by atoms with Crippen molar-refractivity contribution in [1.29, 1.82) is 0 Å². The lowest BCUT2D eigenvalue weighted by atomic mass is 9.71. The first kappa shape index (κ1) is 41.8. The topological polar surface area (TPSA) is 154 Å². The Bertz CT molecular complexity index is 1840. The molecule has 3 N–H and O–H groups in total. The number of ether oxygens (including phenoxy) is 3. The lowest BCUT2D eigenvalue weighted by molar-refractivity contribution is -0.174. The Morgan fingerprint density at radius 1 is 0.943 bits per heavy atom. The van der Waals surface area contributed by atoms with Gasteiger partial charge in [-0.05, 0) is 87.7 Å². The highest BCUT2D eigenvalue weighted by molar-refractivity contribution is 8.76. The predicted octanol–water partition coefficient (Wildman–Crippen LogP) is 6.88. The fourth-order valence-electron chi connectivity index (χ4n) is 6.48. The van der Waals surface area contributed by atoms with E-state index < -0.39 is 21.7 Å². The molecule has 0 aromatic heterocycles. The van der Waals surface area contributed by atoms with Crippen molar-refractivity contribution < 1.29 is 37.0 Å². The summed E-state index contributed by atoms with van der Waals surface area (Å²) in [6.07, 6.45) is 3.61. The van der Waals surface area contributed by atoms with Crippen LogP contribution in [-0.2, 0) is 34.7 Å². The van der Waals surface area contributed by atoms with Gasteiger partial charge in [0.05, 0.1) is 17.7 Å². The maximum absolute atomic E-state index is 13.2. The lowest BCUT2D eigenvalue weighted by Crippen LogP contribution is -2.46. The number of carbonyl (C=O) groups is 3. The molecule has 1 aliphatic rings. The Hall–Kier alpha value is -3.98. The molecular weight excluding hydrogens is 735 g/mol. The van der Waals surface area contributed by atoms with Crippen molar-refractivity contribution >= 4 is 60.7 Å². The van der Waals surface area contributed by atoms with Gasteiger partial charge in [-0.3, -0.25) is 9.59 Å². The van der Waals surface area contributed by atoms with Crippen LogP contribution in [0.3, 0.4) is 0 Å². The highest BCUT2D eigenvalue weighted by atomic mass is 33.1. The number of nitrogens with two attached hydrogens (primary N) is 1. The predicted molar refractivity (Wildman–Crippen MR) is 212 cm³/mol. The molecule has 0 radical (unpaired) electrons. The number of sulfonamides is 1. The fourth-order valence-corrected chi connectivity index (χ4v) is 9.28. The van der Waals surface area contributed by atoms with E-state index >= 15 is 0 Å². The van der Waals surface area contributed by atoms with Crippen molar-refractivity contribution in [3.63, 3.8) is 0 Å². The number of methoxy groups -OCH3 is 1. The average Bonchev–Trinajstić information content (AvgIpc) is 3.13. The molecule has 11 nitrogen and oxygen atoms in total. The number of rotatable bonds is 18. The number of hydrogen-bond acceptors (Lipinski definition) is 12. The molecule has 1 fully saturated rings. The van der Waals surface area contributed by atoms with Gasteiger partial charge in [0.2, 0.25) is 0 Å². The number of benzene rings is 3. The van der Waals surface area contributed by atoms with Crippen molar-refractivity contribution in [2.75, 3.05) is 45.9 Å². The van der Waals surface area contributed by atoms with Crippen molar-refractivity contribution in [2.45, 2.75) is 55.9 Å². The van der Waals surface area contributed by atoms with Crippen molar-refractivity contribution in [2.24, 2.45) is 11.7 Å². The molecule has 0 heterocycles. The summed E-state index contributed by atoms with van der Waals surface area (Å²) in [5.74, 6) is 1.55. The number of carbonyl (C=O) groups excluding carboxylic acids is 3. The average molecular weight is 784 g/mol. The molecule has 1 saturated carbocycles. The Kier molecular flexibility index (Phi) is 15.7. The minimum Gasteiger partial charge on any atom is -0.497 e. The molecule has 3 aromatic rings. The van der Waals surface area contributed by atoms with Gasteiger partial charge in [-0.2, -0.15) is 0 Å². The van der Waals surface area contributed by atoms with Crippen molar-refractivity contribution in [3.05, 3.63) is 95.6 Å². The van der Waals surface area contributed by atoms with E-state index in [1.165, 1.54) is 52.8 Å². The maximum Gasteiger partial charge on any atom is 0.421 e. The summed E-state index contributed by atoms with van der Waals surface area (Å²) in [6, 6.07) is 22.4. The third-order valence-corrected chi connectivity index (χ3v) is 12.7. The molecule has 53 heavy (non-hydrogen) atoms. The molecule has 0 unspecified atom stereocenters. The van der Waals surface area contributed by atoms with E-state index in [9.17, 15) is 22.8 Å². The van der Waals surface area contributed by atoms with Crippen LogP contribution in [-0.4, -0.2) is 77.0 Å². The summed E-state index contributed by atoms with van der Waals surface area (Å²) in [6.45, 7) is 2.21. The molecule has 14 heteroatoms. The second-order valence-corrected chi connectivity index (χ2v) is 17.4. The molecule has 0 aliphatic heterocycles. The van der Waals surface area contributed by atoms with E-state index in [-0.39, 0.29) is 41.3 Å². The first-order valence-electron chi connectivity index (χ1n) is 17.5. The van der Waals surface area contributed by atoms with Crippen LogP contribution >= 0.6 is 21.6 Å². The number of nitrogens with zero attached hydrogens (tertiary/aromatic N) is 1.